The average Bonchev–Trinajstić information content (AvgIpc) is 3.53. The first-order valence-electron chi connectivity index (χ1n) is 27.1. The summed E-state index contributed by atoms with van der Waals surface area (Å²) in [5.74, 6) is 0. The van der Waals surface area contributed by atoms with Gasteiger partial charge in [-0.2, -0.15) is 0 Å². The summed E-state index contributed by atoms with van der Waals surface area (Å²) in [7, 11) is 0. The quantitative estimate of drug-likeness (QED) is 0.163. The first-order chi connectivity index (χ1) is 33.8. The molecule has 0 radical (unpaired) electrons. The van der Waals surface area contributed by atoms with Crippen LogP contribution in [0.4, 0.5) is 45.5 Å². The molecule has 11 rings (SSSR count). The van der Waals surface area contributed by atoms with E-state index in [1.807, 2.05) is 0 Å². The minimum absolute atomic E-state index is 0.0107. The van der Waals surface area contributed by atoms with Crippen molar-refractivity contribution in [2.75, 3.05) is 14.7 Å². The van der Waals surface area contributed by atoms with Gasteiger partial charge in [-0.1, -0.05) is 193 Å². The van der Waals surface area contributed by atoms with Gasteiger partial charge in [0.15, 0.2) is 0 Å². The summed E-state index contributed by atoms with van der Waals surface area (Å²) in [6, 6.07) is 53.1. The highest BCUT2D eigenvalue weighted by Crippen LogP contribution is 2.63. The molecule has 1 fully saturated rings. The maximum absolute atomic E-state index is 2.85. The predicted molar refractivity (Wildman–Crippen MR) is 313 cm³/mol. The highest BCUT2D eigenvalue weighted by Gasteiger charge is 2.58. The van der Waals surface area contributed by atoms with Crippen LogP contribution in [-0.2, 0) is 27.1 Å². The van der Waals surface area contributed by atoms with E-state index in [1.165, 1.54) is 131 Å². The third kappa shape index (κ3) is 7.42. The number of rotatable bonds is 4. The molecule has 72 heavy (non-hydrogen) atoms. The molecule has 0 saturated heterocycles. The molecule has 0 amide bonds. The van der Waals surface area contributed by atoms with Gasteiger partial charge < -0.3 is 14.7 Å². The first kappa shape index (κ1) is 48.3. The molecule has 4 heteroatoms. The van der Waals surface area contributed by atoms with E-state index in [0.717, 1.165) is 6.42 Å². The van der Waals surface area contributed by atoms with Gasteiger partial charge in [0.2, 0.25) is 0 Å². The molecule has 3 heterocycles. The van der Waals surface area contributed by atoms with E-state index in [1.54, 1.807) is 0 Å². The highest BCUT2D eigenvalue weighted by atomic mass is 15.3. The van der Waals surface area contributed by atoms with Gasteiger partial charge >= 0.3 is 0 Å². The van der Waals surface area contributed by atoms with E-state index in [0.29, 0.717) is 0 Å². The average molecular weight is 948 g/mol. The highest BCUT2D eigenvalue weighted by molar-refractivity contribution is 7.00. The van der Waals surface area contributed by atoms with E-state index in [-0.39, 0.29) is 39.3 Å². The molecule has 2 atom stereocenters. The summed E-state index contributed by atoms with van der Waals surface area (Å²) in [5.41, 5.74) is 25.9. The Labute approximate surface area is 433 Å². The van der Waals surface area contributed by atoms with Crippen LogP contribution < -0.4 is 31.1 Å². The summed E-state index contributed by atoms with van der Waals surface area (Å²) in [6.07, 6.45) is 4.79. The SMILES string of the molecule is Cc1cc(C)c2c(c1)C1(C)CCCCC1(C)N2c1cc2c3c(c1)N(c1ccc(C(C)(C)C)cc1-c1ccccc1)c1ccc(C(C)(C)C)cc1B3c1ccc(C(C)(C)C)cc1N2c1cccc(C(C)(C)C)c1. The zero-order chi connectivity index (χ0) is 51.2. The number of benzene rings is 7. The number of nitrogens with zero attached hydrogens (tertiary/aromatic N) is 3. The van der Waals surface area contributed by atoms with Crippen LogP contribution >= 0.6 is 0 Å². The molecular formula is C68H78BN3. The second-order valence-electron chi connectivity index (χ2n) is 26.8. The topological polar surface area (TPSA) is 9.72 Å². The first-order valence-corrected chi connectivity index (χ1v) is 27.1. The zero-order valence-electron chi connectivity index (χ0n) is 46.4. The van der Waals surface area contributed by atoms with Crippen molar-refractivity contribution in [2.24, 2.45) is 0 Å². The van der Waals surface area contributed by atoms with Crippen LogP contribution in [0.3, 0.4) is 0 Å². The molecular weight excluding hydrogens is 870 g/mol. The largest absolute Gasteiger partial charge is 0.334 e. The van der Waals surface area contributed by atoms with Crippen LogP contribution in [0, 0.1) is 13.8 Å². The van der Waals surface area contributed by atoms with Crippen molar-refractivity contribution in [3.63, 3.8) is 0 Å². The summed E-state index contributed by atoms with van der Waals surface area (Å²) in [6.45, 7) is 38.1. The van der Waals surface area contributed by atoms with Crippen molar-refractivity contribution in [3.05, 3.63) is 172 Å². The van der Waals surface area contributed by atoms with Crippen molar-refractivity contribution >= 4 is 68.6 Å². The maximum Gasteiger partial charge on any atom is 0.252 e. The van der Waals surface area contributed by atoms with Crippen molar-refractivity contribution in [1.29, 1.82) is 0 Å². The molecule has 1 saturated carbocycles. The summed E-state index contributed by atoms with van der Waals surface area (Å²) in [5, 5.41) is 0. The van der Waals surface area contributed by atoms with E-state index in [2.05, 4.69) is 259 Å². The Morgan fingerprint density at radius 2 is 1.04 bits per heavy atom. The lowest BCUT2D eigenvalue weighted by Gasteiger charge is -2.51. The van der Waals surface area contributed by atoms with Crippen molar-refractivity contribution < 1.29 is 0 Å². The number of anilines is 8. The monoisotopic (exact) mass is 948 g/mol. The molecule has 3 aliphatic heterocycles. The summed E-state index contributed by atoms with van der Waals surface area (Å²) < 4.78 is 0. The Morgan fingerprint density at radius 3 is 1.71 bits per heavy atom. The fraction of sp³-hybridized carbons (Fsp3) is 0.382. The maximum atomic E-state index is 2.85. The van der Waals surface area contributed by atoms with Crippen LogP contribution in [0.15, 0.2) is 133 Å². The lowest BCUT2D eigenvalue weighted by molar-refractivity contribution is 0.195. The van der Waals surface area contributed by atoms with Crippen molar-refractivity contribution in [2.45, 2.75) is 169 Å². The molecule has 0 bridgehead atoms. The predicted octanol–water partition coefficient (Wildman–Crippen LogP) is 17.0. The molecule has 368 valence electrons. The zero-order valence-corrected chi connectivity index (χ0v) is 46.4. The second kappa shape index (κ2) is 16.3. The van der Waals surface area contributed by atoms with E-state index < -0.39 is 0 Å². The normalized spacial score (nSPS) is 19.4. The minimum atomic E-state index is -0.141. The van der Waals surface area contributed by atoms with Gasteiger partial charge in [-0.25, -0.2) is 0 Å². The fourth-order valence-corrected chi connectivity index (χ4v) is 13.4. The Morgan fingerprint density at radius 1 is 0.458 bits per heavy atom. The van der Waals surface area contributed by atoms with E-state index >= 15 is 0 Å². The number of fused-ring (bicyclic) bond motifs is 7. The molecule has 4 aliphatic rings. The number of aryl methyl sites for hydroxylation is 2. The van der Waals surface area contributed by atoms with Crippen LogP contribution in [0.2, 0.25) is 0 Å². The third-order valence-corrected chi connectivity index (χ3v) is 17.7. The second-order valence-corrected chi connectivity index (χ2v) is 26.8. The van der Waals surface area contributed by atoms with E-state index in [4.69, 9.17) is 0 Å². The minimum Gasteiger partial charge on any atom is -0.334 e. The standard InChI is InChI=1S/C68H78BN3/c1-43-35-44(2)62-53(36-43)67(15)33-20-21-34-68(67,16)72(62)51-41-59-61-60(42-51)71(56-31-28-47(64(6,7)8)38-52(56)45-23-18-17-19-24-45)57-32-29-48(65(9,10)11)39-55(57)69(61)54-30-27-49(66(12,13)14)40-58(54)70(59)50-26-22-25-46(37-50)63(3,4)5/h17-19,22-32,35-42H,20-21,33-34H2,1-16H3. The Hall–Kier alpha value is -6.00. The van der Waals surface area contributed by atoms with Crippen LogP contribution in [0.5, 0.6) is 0 Å². The van der Waals surface area contributed by atoms with Gasteiger partial charge in [-0.15, -0.1) is 0 Å². The van der Waals surface area contributed by atoms with Crippen LogP contribution in [0.25, 0.3) is 11.1 Å². The molecule has 7 aromatic carbocycles. The lowest BCUT2D eigenvalue weighted by Crippen LogP contribution is -2.62. The van der Waals surface area contributed by atoms with Gasteiger partial charge in [0.05, 0.1) is 11.2 Å². The molecule has 1 aliphatic carbocycles. The molecule has 3 nitrogen and oxygen atoms in total. The smallest absolute Gasteiger partial charge is 0.252 e. The van der Waals surface area contributed by atoms with Crippen LogP contribution in [-0.4, -0.2) is 12.3 Å². The summed E-state index contributed by atoms with van der Waals surface area (Å²) in [4.78, 5) is 8.22. The summed E-state index contributed by atoms with van der Waals surface area (Å²) >= 11 is 0. The third-order valence-electron chi connectivity index (χ3n) is 17.7. The van der Waals surface area contributed by atoms with Gasteiger partial charge in [0, 0.05) is 50.8 Å². The van der Waals surface area contributed by atoms with Gasteiger partial charge in [-0.05, 0) is 159 Å². The fourth-order valence-electron chi connectivity index (χ4n) is 13.4. The Bertz CT molecular complexity index is 3320. The van der Waals surface area contributed by atoms with Crippen molar-refractivity contribution in [1.82, 2.24) is 0 Å². The molecule has 0 spiro atoms. The van der Waals surface area contributed by atoms with Gasteiger partial charge in [-0.3, -0.25) is 0 Å². The molecule has 0 aromatic heterocycles. The molecule has 0 N–H and O–H groups in total. The number of hydrogen-bond acceptors (Lipinski definition) is 3. The Balaban J connectivity index is 1.32. The Kier molecular flexibility index (Phi) is 10.9. The van der Waals surface area contributed by atoms with Gasteiger partial charge in [0.25, 0.3) is 6.71 Å². The van der Waals surface area contributed by atoms with E-state index in [9.17, 15) is 0 Å². The molecule has 2 unspecified atom stereocenters. The lowest BCUT2D eigenvalue weighted by atomic mass is 9.33. The number of hydrogen-bond donors (Lipinski definition) is 0. The van der Waals surface area contributed by atoms with Crippen molar-refractivity contribution in [3.8, 4) is 11.1 Å². The van der Waals surface area contributed by atoms with Crippen LogP contribution in [0.1, 0.15) is 162 Å². The van der Waals surface area contributed by atoms with Gasteiger partial charge in [0.1, 0.15) is 0 Å². The molecule has 7 aromatic rings.